The van der Waals surface area contributed by atoms with Gasteiger partial charge >= 0.3 is 12.4 Å². The van der Waals surface area contributed by atoms with Crippen LogP contribution in [0.25, 0.3) is 44.5 Å². The Morgan fingerprint density at radius 1 is 0.429 bits per heavy atom. The Labute approximate surface area is 478 Å². The van der Waals surface area contributed by atoms with Crippen molar-refractivity contribution < 1.29 is 64.6 Å². The van der Waals surface area contributed by atoms with E-state index in [0.29, 0.717) is 33.4 Å². The first-order valence-corrected chi connectivity index (χ1v) is 26.4. The molecule has 428 valence electrons. The maximum absolute atomic E-state index is 14.9. The Morgan fingerprint density at radius 2 is 0.810 bits per heavy atom. The minimum atomic E-state index is -4.92. The largest absolute Gasteiger partial charge is 0.508 e. The Morgan fingerprint density at radius 3 is 1.27 bits per heavy atom. The molecule has 2 aliphatic rings. The smallest absolute Gasteiger partial charge is 0.402 e. The first kappa shape index (κ1) is 58.8. The molecule has 84 heavy (non-hydrogen) atoms. The second-order valence-corrected chi connectivity index (χ2v) is 20.1. The molecular weight excluding hydrogens is 1090 g/mol. The van der Waals surface area contributed by atoms with Crippen LogP contribution in [-0.4, -0.2) is 68.1 Å². The van der Waals surface area contributed by atoms with E-state index in [9.17, 15) is 55.7 Å². The molecule has 1 unspecified atom stereocenters. The molecule has 0 radical (unpaired) electrons. The van der Waals surface area contributed by atoms with Gasteiger partial charge in [0.05, 0.1) is 27.9 Å². The van der Waals surface area contributed by atoms with Crippen LogP contribution in [0.1, 0.15) is 109 Å². The molecule has 1 atom stereocenters. The van der Waals surface area contributed by atoms with Gasteiger partial charge in [-0.3, -0.25) is 24.1 Å². The molecule has 2 N–H and O–H groups in total. The number of imide groups is 2. The van der Waals surface area contributed by atoms with Gasteiger partial charge in [0.15, 0.2) is 22.9 Å². The van der Waals surface area contributed by atoms with Crippen molar-refractivity contribution in [3.63, 3.8) is 0 Å². The molecule has 0 bridgehead atoms. The molecule has 4 heterocycles. The van der Waals surface area contributed by atoms with Crippen LogP contribution in [0, 0.1) is 20.8 Å². The number of hydrogen-bond donors (Lipinski definition) is 2. The Hall–Kier alpha value is -9.84. The van der Waals surface area contributed by atoms with Gasteiger partial charge in [0.2, 0.25) is 0 Å². The average molecular weight is 1150 g/mol. The van der Waals surface area contributed by atoms with E-state index in [1.165, 1.54) is 62.5 Å². The maximum Gasteiger partial charge on any atom is 0.402 e. The predicted molar refractivity (Wildman–Crippen MR) is 306 cm³/mol. The van der Waals surface area contributed by atoms with E-state index >= 15 is 0 Å². The molecule has 12 rings (SSSR count). The highest BCUT2D eigenvalue weighted by Crippen LogP contribution is 2.49. The van der Waals surface area contributed by atoms with Gasteiger partial charge in [-0.15, -0.1) is 0 Å². The Balaban J connectivity index is 0.000000173. The second-order valence-electron chi connectivity index (χ2n) is 20.1. The first-order chi connectivity index (χ1) is 39.8. The predicted octanol–water partition coefficient (Wildman–Crippen LogP) is 15.8. The molecule has 18 heteroatoms. The molecule has 8 aromatic carbocycles. The van der Waals surface area contributed by atoms with Crippen molar-refractivity contribution in [1.82, 2.24) is 14.9 Å². The summed E-state index contributed by atoms with van der Waals surface area (Å²) >= 11 is 0. The molecule has 10 aromatic rings. The second kappa shape index (κ2) is 22.5. The number of anilines is 1. The average Bonchev–Trinajstić information content (AvgIpc) is 1.64. The lowest BCUT2D eigenvalue weighted by Gasteiger charge is -2.33. The molecular formula is C66H54F6N4O8. The third kappa shape index (κ3) is 10.5. The topological polar surface area (TPSA) is 167 Å². The molecule has 12 nitrogen and oxygen atoms in total. The Kier molecular flexibility index (Phi) is 15.7. The van der Waals surface area contributed by atoms with Gasteiger partial charge in [-0.05, 0) is 144 Å². The fourth-order valence-corrected chi connectivity index (χ4v) is 10.1. The fraction of sp³-hybridized carbons (Fsp3) is 0.182. The quantitative estimate of drug-likeness (QED) is 0.116. The summed E-state index contributed by atoms with van der Waals surface area (Å²) < 4.78 is 96.1. The number of oxazole rings is 2. The lowest BCUT2D eigenvalue weighted by Crippen LogP contribution is -2.41. The number of benzene rings is 8. The summed E-state index contributed by atoms with van der Waals surface area (Å²) in [6.45, 7) is 11.5. The normalized spacial score (nSPS) is 13.8. The number of alkyl halides is 6. The van der Waals surface area contributed by atoms with Crippen molar-refractivity contribution >= 4 is 51.5 Å². The number of aryl methyl sites for hydroxylation is 3. The van der Waals surface area contributed by atoms with E-state index in [1.807, 2.05) is 64.1 Å². The molecule has 0 saturated carbocycles. The summed E-state index contributed by atoms with van der Waals surface area (Å²) in [7, 11) is 1.24. The number of rotatable bonds is 7. The van der Waals surface area contributed by atoms with E-state index < -0.39 is 52.6 Å². The summed E-state index contributed by atoms with van der Waals surface area (Å²) in [5.74, 6) is -2.08. The molecule has 2 aromatic heterocycles. The molecule has 0 aliphatic carbocycles. The van der Waals surface area contributed by atoms with Gasteiger partial charge in [0.1, 0.15) is 33.4 Å². The van der Waals surface area contributed by atoms with Crippen molar-refractivity contribution in [1.29, 1.82) is 0 Å². The van der Waals surface area contributed by atoms with Gasteiger partial charge in [-0.1, -0.05) is 111 Å². The number of aromatic hydroxyl groups is 2. The third-order valence-corrected chi connectivity index (χ3v) is 15.0. The first-order valence-electron chi connectivity index (χ1n) is 26.4. The van der Waals surface area contributed by atoms with Crippen LogP contribution in [0.2, 0.25) is 0 Å². The lowest BCUT2D eigenvalue weighted by molar-refractivity contribution is -0.173. The van der Waals surface area contributed by atoms with E-state index in [-0.39, 0.29) is 55.9 Å². The van der Waals surface area contributed by atoms with Gasteiger partial charge in [-0.2, -0.15) is 26.3 Å². The fourth-order valence-electron chi connectivity index (χ4n) is 10.1. The minimum Gasteiger partial charge on any atom is -0.508 e. The summed E-state index contributed by atoms with van der Waals surface area (Å²) in [5.41, 5.74) is 1.57. The van der Waals surface area contributed by atoms with Crippen molar-refractivity contribution in [2.45, 2.75) is 71.6 Å². The molecule has 0 spiro atoms. The van der Waals surface area contributed by atoms with Crippen molar-refractivity contribution in [2.75, 3.05) is 11.9 Å². The molecule has 0 fully saturated rings. The van der Waals surface area contributed by atoms with Crippen molar-refractivity contribution in [2.24, 2.45) is 0 Å². The van der Waals surface area contributed by atoms with Gasteiger partial charge < -0.3 is 19.0 Å². The van der Waals surface area contributed by atoms with Gasteiger partial charge in [0.25, 0.3) is 23.6 Å². The highest BCUT2D eigenvalue weighted by Gasteiger charge is 2.55. The van der Waals surface area contributed by atoms with E-state index in [2.05, 4.69) is 9.97 Å². The SMILES string of the molecule is CC.CC(c1ccccc1)(c1ccccc1)C(F)(F)F.Cc1cc(-c2ccc(O)c(N3C(=O)c4ccc(C(C)(c5ccc6c(c5)C(=O)N(C)C6=O)C(F)(F)F)cc4C3=O)c2)ccc1O.Cc1nc2cc(-c3ccc4oc(C)nc4c3)ccc2o1. The number of nitrogens with zero attached hydrogens (tertiary/aromatic N) is 4. The molecule has 4 amide bonds. The number of amides is 4. The third-order valence-electron chi connectivity index (χ3n) is 15.0. The summed E-state index contributed by atoms with van der Waals surface area (Å²) in [5, 5.41) is 20.5. The van der Waals surface area contributed by atoms with Crippen LogP contribution in [-0.2, 0) is 10.8 Å². The summed E-state index contributed by atoms with van der Waals surface area (Å²) in [6, 6.07) is 43.6. The molecule has 2 aliphatic heterocycles. The van der Waals surface area contributed by atoms with E-state index in [1.54, 1.807) is 61.5 Å². The monoisotopic (exact) mass is 1140 g/mol. The highest BCUT2D eigenvalue weighted by atomic mass is 19.4. The highest BCUT2D eigenvalue weighted by molar-refractivity contribution is 6.35. The van der Waals surface area contributed by atoms with Gasteiger partial charge in [-0.25, -0.2) is 14.9 Å². The van der Waals surface area contributed by atoms with Crippen LogP contribution in [0.4, 0.5) is 32.0 Å². The van der Waals surface area contributed by atoms with Gasteiger partial charge in [0, 0.05) is 20.9 Å². The van der Waals surface area contributed by atoms with Crippen LogP contribution >= 0.6 is 0 Å². The zero-order chi connectivity index (χ0) is 60.8. The van der Waals surface area contributed by atoms with Crippen molar-refractivity contribution in [3.05, 3.63) is 232 Å². The minimum absolute atomic E-state index is 0.0133. The number of carbonyl (C=O) groups excluding carboxylic acids is 4. The maximum atomic E-state index is 14.9. The van der Waals surface area contributed by atoms with Crippen LogP contribution in [0.15, 0.2) is 179 Å². The number of fused-ring (bicyclic) bond motifs is 4. The number of halogens is 6. The Bertz CT molecular complexity index is 4080. The van der Waals surface area contributed by atoms with Crippen LogP contribution < -0.4 is 4.90 Å². The molecule has 0 saturated heterocycles. The van der Waals surface area contributed by atoms with E-state index in [0.717, 1.165) is 75.5 Å². The number of phenolic OH excluding ortho intramolecular Hbond substituents is 2. The summed E-state index contributed by atoms with van der Waals surface area (Å²) in [6.07, 6.45) is -9.26. The lowest BCUT2D eigenvalue weighted by atomic mass is 9.74. The number of aromatic nitrogens is 2. The number of carbonyl (C=O) groups is 4. The summed E-state index contributed by atoms with van der Waals surface area (Å²) in [4.78, 5) is 62.2. The number of hydrogen-bond acceptors (Lipinski definition) is 10. The van der Waals surface area contributed by atoms with Crippen molar-refractivity contribution in [3.8, 4) is 33.8 Å². The zero-order valence-corrected chi connectivity index (χ0v) is 46.6. The van der Waals surface area contributed by atoms with E-state index in [4.69, 9.17) is 8.83 Å². The standard InChI is InChI=1S/C33H23F3N2O6.C16H12N2O2.C15H13F3.C2H6/c1-16-12-17(4-10-26(16)39)18-5-11-27(40)25(13-18)38-30(43)22-9-7-20(15-24(22)31(38)44)32(2,33(34,35)36)19-6-8-21-23(14-19)29(42)37(3)28(21)41;1-9-17-13-7-11(3-5-15(13)19-9)12-4-6-16-14(8-12)18-10(2)20-16;1-14(15(16,17)18,12-8-4-2-5-9-12)13-10-6-3-7-11-13;1-2/h4-15,39-40H,1-3H3;3-8H,1-2H3;2-11H,1H3;1-2H3. The van der Waals surface area contributed by atoms with Crippen LogP contribution in [0.3, 0.4) is 0 Å². The van der Waals surface area contributed by atoms with Crippen LogP contribution in [0.5, 0.6) is 11.5 Å². The number of phenols is 2. The zero-order valence-electron chi connectivity index (χ0n) is 46.6.